The van der Waals surface area contributed by atoms with Crippen LogP contribution in [0, 0.1) is 11.3 Å². The van der Waals surface area contributed by atoms with Crippen molar-refractivity contribution in [1.29, 1.82) is 0 Å². The summed E-state index contributed by atoms with van der Waals surface area (Å²) in [5.41, 5.74) is -1.38. The average Bonchev–Trinajstić information content (AvgIpc) is 3.54. The first kappa shape index (κ1) is 35.6. The highest BCUT2D eigenvalue weighted by molar-refractivity contribution is 7.87. The van der Waals surface area contributed by atoms with Crippen molar-refractivity contribution < 1.29 is 37.1 Å². The van der Waals surface area contributed by atoms with Gasteiger partial charge in [-0.3, -0.25) is 14.4 Å². The normalized spacial score (nSPS) is 26.6. The van der Waals surface area contributed by atoms with Crippen LogP contribution in [-0.4, -0.2) is 90.9 Å². The van der Waals surface area contributed by atoms with Crippen molar-refractivity contribution >= 4 is 34.0 Å². The van der Waals surface area contributed by atoms with Gasteiger partial charge in [0.1, 0.15) is 23.7 Å². The van der Waals surface area contributed by atoms with Crippen LogP contribution in [0.15, 0.2) is 55.1 Å². The maximum atomic E-state index is 14.3. The number of carbonyl (C=O) groups is 4. The zero-order valence-electron chi connectivity index (χ0n) is 27.9. The largest absolute Gasteiger partial charge is 0.446 e. The van der Waals surface area contributed by atoms with E-state index in [1.165, 1.54) is 11.0 Å². The number of likely N-dealkylation sites (tertiary alicyclic amines) is 1. The molecule has 262 valence electrons. The number of nitrogens with zero attached hydrogens (tertiary/aromatic N) is 2. The van der Waals surface area contributed by atoms with E-state index in [0.717, 1.165) is 35.6 Å². The molecule has 2 aliphatic carbocycles. The van der Waals surface area contributed by atoms with Crippen molar-refractivity contribution in [2.24, 2.45) is 11.3 Å². The lowest BCUT2D eigenvalue weighted by molar-refractivity contribution is -0.143. The fourth-order valence-electron chi connectivity index (χ4n) is 6.59. The minimum Gasteiger partial charge on any atom is -0.446 e. The number of hydrogen-bond donors (Lipinski definition) is 3. The van der Waals surface area contributed by atoms with E-state index in [-0.39, 0.29) is 45.2 Å². The van der Waals surface area contributed by atoms with Gasteiger partial charge in [0.2, 0.25) is 11.8 Å². The topological polar surface area (TPSA) is 163 Å². The number of hydrogen-bond acceptors (Lipinski definition) is 8. The highest BCUT2D eigenvalue weighted by Gasteiger charge is 2.61. The highest BCUT2D eigenvalue weighted by atomic mass is 32.2. The van der Waals surface area contributed by atoms with Crippen LogP contribution in [-0.2, 0) is 40.7 Å². The van der Waals surface area contributed by atoms with Crippen LogP contribution >= 0.6 is 0 Å². The predicted octanol–water partition coefficient (Wildman–Crippen LogP) is 2.55. The van der Waals surface area contributed by atoms with E-state index in [9.17, 15) is 27.6 Å². The smallest absolute Gasteiger partial charge is 0.408 e. The van der Waals surface area contributed by atoms with E-state index >= 15 is 0 Å². The molecule has 1 aromatic carbocycles. The third-order valence-corrected chi connectivity index (χ3v) is 10.9. The lowest BCUT2D eigenvalue weighted by Gasteiger charge is -2.35. The highest BCUT2D eigenvalue weighted by Crippen LogP contribution is 2.45. The Kier molecular flexibility index (Phi) is 10.7. The summed E-state index contributed by atoms with van der Waals surface area (Å²) >= 11 is 0. The molecule has 5 rings (SSSR count). The van der Waals surface area contributed by atoms with Gasteiger partial charge in [0, 0.05) is 32.0 Å². The molecule has 5 atom stereocenters. The number of rotatable bonds is 12. The Labute approximate surface area is 282 Å². The lowest BCUT2D eigenvalue weighted by Crippen LogP contribution is -2.60. The molecule has 4 aliphatic rings. The van der Waals surface area contributed by atoms with Crippen LogP contribution in [0.4, 0.5) is 4.79 Å². The van der Waals surface area contributed by atoms with Crippen LogP contribution < -0.4 is 15.4 Å². The van der Waals surface area contributed by atoms with Crippen LogP contribution in [0.3, 0.4) is 0 Å². The van der Waals surface area contributed by atoms with Gasteiger partial charge in [-0.1, -0.05) is 69.3 Å². The number of alkyl carbamates (subject to hydrolysis) is 1. The number of amides is 4. The average molecular weight is 686 g/mol. The Morgan fingerprint density at radius 2 is 1.73 bits per heavy atom. The Morgan fingerprint density at radius 1 is 1.06 bits per heavy atom. The van der Waals surface area contributed by atoms with Gasteiger partial charge in [-0.15, -0.1) is 6.58 Å². The van der Waals surface area contributed by atoms with Crippen molar-refractivity contribution in [2.75, 3.05) is 19.6 Å². The first-order valence-electron chi connectivity index (χ1n) is 16.6. The number of nitrogens with one attached hydrogen (secondary N) is 3. The maximum absolute atomic E-state index is 14.3. The summed E-state index contributed by atoms with van der Waals surface area (Å²) in [7, 11) is -4.15. The van der Waals surface area contributed by atoms with E-state index in [2.05, 4.69) is 21.9 Å². The second kappa shape index (κ2) is 14.4. The molecule has 2 heterocycles. The molecule has 1 aromatic rings. The van der Waals surface area contributed by atoms with Gasteiger partial charge in [0.15, 0.2) is 0 Å². The Hall–Kier alpha value is -3.75. The Bertz CT molecular complexity index is 1510. The van der Waals surface area contributed by atoms with E-state index in [4.69, 9.17) is 9.47 Å². The fourth-order valence-corrected chi connectivity index (χ4v) is 7.70. The second-order valence-corrected chi connectivity index (χ2v) is 15.8. The van der Waals surface area contributed by atoms with Gasteiger partial charge in [-0.2, -0.15) is 12.7 Å². The SMILES string of the molecule is C=C[C@@H]1C[C@]1(NC(=O)[C@@H]1C[C@@H](OCc2ccccc2)CN1C(=O)[C@@H](NC(=O)OC1CCCC1)C(C)(C)C)C(=O)NS(=O)(=O)N1CC=CC1. The molecule has 48 heavy (non-hydrogen) atoms. The summed E-state index contributed by atoms with van der Waals surface area (Å²) < 4.78 is 40.8. The molecule has 13 nitrogen and oxygen atoms in total. The van der Waals surface area contributed by atoms with E-state index < -0.39 is 69.1 Å². The zero-order chi connectivity index (χ0) is 34.7. The van der Waals surface area contributed by atoms with Crippen molar-refractivity contribution in [3.63, 3.8) is 0 Å². The lowest BCUT2D eigenvalue weighted by atomic mass is 9.85. The summed E-state index contributed by atoms with van der Waals surface area (Å²) in [6.07, 6.45) is 7.21. The van der Waals surface area contributed by atoms with Gasteiger partial charge in [0.05, 0.1) is 12.7 Å². The zero-order valence-corrected chi connectivity index (χ0v) is 28.7. The van der Waals surface area contributed by atoms with Crippen molar-refractivity contribution in [1.82, 2.24) is 24.6 Å². The van der Waals surface area contributed by atoms with Crippen molar-refractivity contribution in [3.8, 4) is 0 Å². The van der Waals surface area contributed by atoms with Crippen LogP contribution in [0.1, 0.15) is 64.9 Å². The Morgan fingerprint density at radius 3 is 2.33 bits per heavy atom. The van der Waals surface area contributed by atoms with Crippen molar-refractivity contribution in [2.45, 2.75) is 95.7 Å². The van der Waals surface area contributed by atoms with Gasteiger partial charge < -0.3 is 25.0 Å². The maximum Gasteiger partial charge on any atom is 0.408 e. The van der Waals surface area contributed by atoms with Crippen LogP contribution in [0.25, 0.3) is 0 Å². The Balaban J connectivity index is 1.35. The summed E-state index contributed by atoms with van der Waals surface area (Å²) in [4.78, 5) is 56.2. The molecular weight excluding hydrogens is 638 g/mol. The number of carbonyl (C=O) groups excluding carboxylic acids is 4. The predicted molar refractivity (Wildman–Crippen MR) is 177 cm³/mol. The third-order valence-electron chi connectivity index (χ3n) is 9.53. The molecule has 2 saturated carbocycles. The van der Waals surface area contributed by atoms with Gasteiger partial charge in [-0.05, 0) is 43.1 Å². The molecule has 0 unspecified atom stereocenters. The summed E-state index contributed by atoms with van der Waals surface area (Å²) in [6.45, 7) is 9.79. The van der Waals surface area contributed by atoms with Crippen molar-refractivity contribution in [3.05, 3.63) is 60.7 Å². The summed E-state index contributed by atoms with van der Waals surface area (Å²) in [5, 5.41) is 5.55. The van der Waals surface area contributed by atoms with Crippen LogP contribution in [0.5, 0.6) is 0 Å². The first-order valence-corrected chi connectivity index (χ1v) is 18.0. The van der Waals surface area contributed by atoms with E-state index in [0.29, 0.717) is 0 Å². The molecule has 0 bridgehead atoms. The quantitative estimate of drug-likeness (QED) is 0.283. The molecule has 3 N–H and O–H groups in total. The number of benzene rings is 1. The molecule has 4 amide bonds. The van der Waals surface area contributed by atoms with Gasteiger partial charge in [-0.25, -0.2) is 9.52 Å². The van der Waals surface area contributed by atoms with Crippen LogP contribution in [0.2, 0.25) is 0 Å². The molecule has 0 radical (unpaired) electrons. The molecule has 0 aromatic heterocycles. The molecule has 14 heteroatoms. The van der Waals surface area contributed by atoms with E-state index in [1.54, 1.807) is 12.2 Å². The molecule has 2 aliphatic heterocycles. The molecular formula is C34H47N5O8S. The van der Waals surface area contributed by atoms with Gasteiger partial charge >= 0.3 is 16.3 Å². The molecule has 0 spiro atoms. The minimum atomic E-state index is -4.15. The number of ether oxygens (including phenoxy) is 2. The van der Waals surface area contributed by atoms with Gasteiger partial charge in [0.25, 0.3) is 5.91 Å². The second-order valence-electron chi connectivity index (χ2n) is 14.1. The third kappa shape index (κ3) is 8.09. The standard InChI is InChI=1S/C34H47N5O8S/c1-5-24-20-34(24,31(42)37-48(44,45)38-17-11-12-18-38)36-29(40)27-19-26(46-22-23-13-7-6-8-14-23)21-39(27)30(41)28(33(2,3)4)35-32(43)47-25-15-9-10-16-25/h5-8,11-14,24-28H,1,9-10,15-22H2,2-4H3,(H,35,43)(H,36,40)(H,37,42)/t24-,26-,27+,28-,34-/m1/s1. The molecule has 3 fully saturated rings. The fraction of sp³-hybridized carbons (Fsp3) is 0.588. The monoisotopic (exact) mass is 685 g/mol. The molecule has 1 saturated heterocycles. The summed E-state index contributed by atoms with van der Waals surface area (Å²) in [5.74, 6) is -2.51. The summed E-state index contributed by atoms with van der Waals surface area (Å²) in [6, 6.07) is 7.40. The minimum absolute atomic E-state index is 0.0656. The first-order chi connectivity index (χ1) is 22.7. The van der Waals surface area contributed by atoms with E-state index in [1.807, 2.05) is 51.1 Å².